The van der Waals surface area contributed by atoms with Crippen LogP contribution in [0.25, 0.3) is 0 Å². The number of carbonyl (C=O) groups is 1. The Labute approximate surface area is 165 Å². The number of amides is 1. The van der Waals surface area contributed by atoms with Gasteiger partial charge in [-0.05, 0) is 39.3 Å². The fourth-order valence-electron chi connectivity index (χ4n) is 3.42. The van der Waals surface area contributed by atoms with E-state index < -0.39 is 16.1 Å². The summed E-state index contributed by atoms with van der Waals surface area (Å²) in [6.45, 7) is 6.52. The molecule has 1 fully saturated rings. The third-order valence-electron chi connectivity index (χ3n) is 4.83. The normalized spacial score (nSPS) is 17.2. The SMILES string of the molecule is Cc1n[nH]c(C)c1S(=O)(=O)N1CCCN(C(=O)C(C)Oc2ccccc2)CC1. The molecule has 1 amide bonds. The summed E-state index contributed by atoms with van der Waals surface area (Å²) >= 11 is 0. The summed E-state index contributed by atoms with van der Waals surface area (Å²) in [6, 6.07) is 9.18. The van der Waals surface area contributed by atoms with E-state index >= 15 is 0 Å². The van der Waals surface area contributed by atoms with E-state index in [0.717, 1.165) is 0 Å². The highest BCUT2D eigenvalue weighted by molar-refractivity contribution is 7.89. The van der Waals surface area contributed by atoms with E-state index in [9.17, 15) is 13.2 Å². The third kappa shape index (κ3) is 4.20. The van der Waals surface area contributed by atoms with Gasteiger partial charge in [-0.15, -0.1) is 0 Å². The number of aromatic nitrogens is 2. The van der Waals surface area contributed by atoms with Crippen LogP contribution in [0, 0.1) is 13.8 Å². The molecule has 0 radical (unpaired) electrons. The maximum Gasteiger partial charge on any atom is 0.263 e. The van der Waals surface area contributed by atoms with Gasteiger partial charge in [-0.25, -0.2) is 8.42 Å². The van der Waals surface area contributed by atoms with Gasteiger partial charge in [0.1, 0.15) is 10.6 Å². The van der Waals surface area contributed by atoms with Crippen LogP contribution in [0.1, 0.15) is 24.7 Å². The van der Waals surface area contributed by atoms with Crippen molar-refractivity contribution in [1.82, 2.24) is 19.4 Å². The number of H-pyrrole nitrogens is 1. The molecule has 1 saturated heterocycles. The molecule has 1 aromatic carbocycles. The number of aromatic amines is 1. The molecule has 0 saturated carbocycles. The Morgan fingerprint density at radius 3 is 2.50 bits per heavy atom. The second kappa shape index (κ2) is 8.32. The average molecular weight is 407 g/mol. The van der Waals surface area contributed by atoms with E-state index in [2.05, 4.69) is 10.2 Å². The van der Waals surface area contributed by atoms with Crippen molar-refractivity contribution < 1.29 is 17.9 Å². The number of benzene rings is 1. The van der Waals surface area contributed by atoms with Gasteiger partial charge in [-0.1, -0.05) is 18.2 Å². The Kier molecular flexibility index (Phi) is 6.04. The van der Waals surface area contributed by atoms with E-state index in [1.165, 1.54) is 4.31 Å². The van der Waals surface area contributed by atoms with Crippen LogP contribution in [-0.4, -0.2) is 66.0 Å². The molecule has 0 spiro atoms. The molecule has 8 nitrogen and oxygen atoms in total. The lowest BCUT2D eigenvalue weighted by Crippen LogP contribution is -2.43. The molecule has 152 valence electrons. The lowest BCUT2D eigenvalue weighted by molar-refractivity contribution is -0.137. The fraction of sp³-hybridized carbons (Fsp3) is 0.474. The van der Waals surface area contributed by atoms with Gasteiger partial charge in [0.15, 0.2) is 6.10 Å². The summed E-state index contributed by atoms with van der Waals surface area (Å²) in [5.74, 6) is 0.493. The number of carbonyl (C=O) groups excluding carboxylic acids is 1. The summed E-state index contributed by atoms with van der Waals surface area (Å²) < 4.78 is 33.2. The first-order valence-electron chi connectivity index (χ1n) is 9.33. The lowest BCUT2D eigenvalue weighted by Gasteiger charge is -2.25. The Balaban J connectivity index is 1.67. The topological polar surface area (TPSA) is 95.6 Å². The van der Waals surface area contributed by atoms with Crippen LogP contribution in [0.3, 0.4) is 0 Å². The standard InChI is InChI=1S/C19H26N4O4S/c1-14-18(15(2)21-20-14)28(25,26)23-11-7-10-22(12-13-23)19(24)16(3)27-17-8-5-4-6-9-17/h4-6,8-9,16H,7,10-13H2,1-3H3,(H,20,21). The molecule has 1 aliphatic heterocycles. The van der Waals surface area contributed by atoms with Gasteiger partial charge in [-0.3, -0.25) is 9.89 Å². The van der Waals surface area contributed by atoms with Crippen LogP contribution in [0.5, 0.6) is 5.75 Å². The van der Waals surface area contributed by atoms with Gasteiger partial charge in [0.25, 0.3) is 5.91 Å². The molecule has 1 aliphatic rings. The van der Waals surface area contributed by atoms with E-state index in [1.54, 1.807) is 37.8 Å². The first-order valence-corrected chi connectivity index (χ1v) is 10.8. The molecular formula is C19H26N4O4S. The van der Waals surface area contributed by atoms with Crippen molar-refractivity contribution in [2.45, 2.75) is 38.2 Å². The van der Waals surface area contributed by atoms with Gasteiger partial charge in [0.2, 0.25) is 10.0 Å². The maximum atomic E-state index is 13.0. The minimum atomic E-state index is -3.65. The summed E-state index contributed by atoms with van der Waals surface area (Å²) in [6.07, 6.45) is -0.0668. The zero-order chi connectivity index (χ0) is 20.3. The van der Waals surface area contributed by atoms with Gasteiger partial charge in [-0.2, -0.15) is 9.40 Å². The molecule has 0 bridgehead atoms. The quantitative estimate of drug-likeness (QED) is 0.816. The minimum absolute atomic E-state index is 0.140. The molecule has 1 unspecified atom stereocenters. The van der Waals surface area contributed by atoms with E-state index in [-0.39, 0.29) is 17.3 Å². The van der Waals surface area contributed by atoms with Crippen LogP contribution < -0.4 is 4.74 Å². The molecule has 2 heterocycles. The van der Waals surface area contributed by atoms with Crippen molar-refractivity contribution in [1.29, 1.82) is 0 Å². The van der Waals surface area contributed by atoms with E-state index in [0.29, 0.717) is 43.2 Å². The number of sulfonamides is 1. The van der Waals surface area contributed by atoms with Crippen LogP contribution >= 0.6 is 0 Å². The van der Waals surface area contributed by atoms with Gasteiger partial charge < -0.3 is 9.64 Å². The molecular weight excluding hydrogens is 380 g/mol. The average Bonchev–Trinajstić information content (AvgIpc) is 2.86. The predicted molar refractivity (Wildman–Crippen MR) is 105 cm³/mol. The van der Waals surface area contributed by atoms with Gasteiger partial charge >= 0.3 is 0 Å². The number of ether oxygens (including phenoxy) is 1. The third-order valence-corrected chi connectivity index (χ3v) is 6.99. The lowest BCUT2D eigenvalue weighted by atomic mass is 10.3. The summed E-state index contributed by atoms with van der Waals surface area (Å²) in [7, 11) is -3.65. The first kappa shape index (κ1) is 20.3. The smallest absolute Gasteiger partial charge is 0.263 e. The molecule has 1 N–H and O–H groups in total. The second-order valence-corrected chi connectivity index (χ2v) is 8.79. The van der Waals surface area contributed by atoms with Crippen LogP contribution in [0.15, 0.2) is 35.2 Å². The number of nitrogens with one attached hydrogen (secondary N) is 1. The molecule has 9 heteroatoms. The van der Waals surface area contributed by atoms with Crippen molar-refractivity contribution in [3.05, 3.63) is 41.7 Å². The number of para-hydroxylation sites is 1. The predicted octanol–water partition coefficient (Wildman–Crippen LogP) is 1.72. The Hall–Kier alpha value is -2.39. The Morgan fingerprint density at radius 2 is 1.86 bits per heavy atom. The van der Waals surface area contributed by atoms with Gasteiger partial charge in [0, 0.05) is 26.2 Å². The highest BCUT2D eigenvalue weighted by Gasteiger charge is 2.32. The van der Waals surface area contributed by atoms with Crippen LogP contribution in [0.2, 0.25) is 0 Å². The summed E-state index contributed by atoms with van der Waals surface area (Å²) in [5, 5.41) is 6.72. The largest absolute Gasteiger partial charge is 0.481 e. The minimum Gasteiger partial charge on any atom is -0.481 e. The van der Waals surface area contributed by atoms with Crippen LogP contribution in [0.4, 0.5) is 0 Å². The monoisotopic (exact) mass is 406 g/mol. The van der Waals surface area contributed by atoms with Crippen molar-refractivity contribution >= 4 is 15.9 Å². The zero-order valence-electron chi connectivity index (χ0n) is 16.4. The maximum absolute atomic E-state index is 13.0. The highest BCUT2D eigenvalue weighted by atomic mass is 32.2. The molecule has 2 aromatic rings. The summed E-state index contributed by atoms with van der Waals surface area (Å²) in [5.41, 5.74) is 0.985. The number of hydrogen-bond acceptors (Lipinski definition) is 5. The second-order valence-electron chi connectivity index (χ2n) is 6.92. The molecule has 28 heavy (non-hydrogen) atoms. The molecule has 0 aliphatic carbocycles. The molecule has 3 rings (SSSR count). The summed E-state index contributed by atoms with van der Waals surface area (Å²) in [4.78, 5) is 14.7. The van der Waals surface area contributed by atoms with Crippen molar-refractivity contribution in [3.8, 4) is 5.75 Å². The Morgan fingerprint density at radius 1 is 1.14 bits per heavy atom. The van der Waals surface area contributed by atoms with Crippen molar-refractivity contribution in [3.63, 3.8) is 0 Å². The number of hydrogen-bond donors (Lipinski definition) is 1. The highest BCUT2D eigenvalue weighted by Crippen LogP contribution is 2.23. The number of nitrogens with zero attached hydrogens (tertiary/aromatic N) is 3. The number of aryl methyl sites for hydroxylation is 2. The first-order chi connectivity index (χ1) is 13.3. The zero-order valence-corrected chi connectivity index (χ0v) is 17.2. The fourth-order valence-corrected chi connectivity index (χ4v) is 5.22. The van der Waals surface area contributed by atoms with E-state index in [1.807, 2.05) is 18.2 Å². The van der Waals surface area contributed by atoms with Crippen molar-refractivity contribution in [2.24, 2.45) is 0 Å². The van der Waals surface area contributed by atoms with Crippen molar-refractivity contribution in [2.75, 3.05) is 26.2 Å². The Bertz CT molecular complexity index is 907. The molecule has 1 atom stereocenters. The van der Waals surface area contributed by atoms with Crippen LogP contribution in [-0.2, 0) is 14.8 Å². The number of rotatable bonds is 5. The molecule has 1 aromatic heterocycles. The van der Waals surface area contributed by atoms with Gasteiger partial charge in [0.05, 0.1) is 11.4 Å². The van der Waals surface area contributed by atoms with E-state index in [4.69, 9.17) is 4.74 Å².